The monoisotopic (exact) mass is 350 g/mol. The predicted octanol–water partition coefficient (Wildman–Crippen LogP) is 1.91. The van der Waals surface area contributed by atoms with Gasteiger partial charge in [-0.2, -0.15) is 4.98 Å². The van der Waals surface area contributed by atoms with Crippen LogP contribution in [0.15, 0.2) is 10.7 Å². The van der Waals surface area contributed by atoms with E-state index in [0.29, 0.717) is 24.7 Å². The summed E-state index contributed by atoms with van der Waals surface area (Å²) in [7, 11) is -2.91. The van der Waals surface area contributed by atoms with Crippen molar-refractivity contribution < 1.29 is 8.42 Å². The Labute approximate surface area is 122 Å². The Morgan fingerprint density at radius 3 is 2.68 bits per heavy atom. The van der Waals surface area contributed by atoms with E-state index < -0.39 is 9.84 Å². The van der Waals surface area contributed by atoms with Crippen LogP contribution in [0.1, 0.15) is 19.8 Å². The lowest BCUT2D eigenvalue weighted by atomic mass is 10.4. The van der Waals surface area contributed by atoms with Gasteiger partial charge in [0.15, 0.2) is 0 Å². The number of rotatable bonds is 8. The minimum atomic E-state index is -2.91. The molecule has 0 atom stereocenters. The number of sulfone groups is 1. The van der Waals surface area contributed by atoms with Gasteiger partial charge in [0.1, 0.15) is 15.7 Å². The van der Waals surface area contributed by atoms with Crippen molar-refractivity contribution in [3.63, 3.8) is 0 Å². The number of hydrogen-bond donors (Lipinski definition) is 2. The molecule has 6 nitrogen and oxygen atoms in total. The molecule has 1 rings (SSSR count). The van der Waals surface area contributed by atoms with Gasteiger partial charge in [-0.3, -0.25) is 0 Å². The second-order valence-corrected chi connectivity index (χ2v) is 7.34. The number of aromatic nitrogens is 2. The van der Waals surface area contributed by atoms with Crippen LogP contribution >= 0.6 is 15.9 Å². The molecule has 0 radical (unpaired) electrons. The van der Waals surface area contributed by atoms with Gasteiger partial charge in [0.2, 0.25) is 5.95 Å². The van der Waals surface area contributed by atoms with Gasteiger partial charge >= 0.3 is 0 Å². The highest BCUT2D eigenvalue weighted by Gasteiger charge is 2.05. The van der Waals surface area contributed by atoms with E-state index >= 15 is 0 Å². The Morgan fingerprint density at radius 2 is 2.05 bits per heavy atom. The van der Waals surface area contributed by atoms with Crippen LogP contribution in [-0.4, -0.2) is 43.5 Å². The molecule has 0 spiro atoms. The first-order chi connectivity index (χ1) is 8.92. The number of anilines is 2. The number of nitrogens with one attached hydrogen (secondary N) is 2. The molecule has 19 heavy (non-hydrogen) atoms. The van der Waals surface area contributed by atoms with Crippen molar-refractivity contribution in [3.8, 4) is 0 Å². The molecule has 0 saturated heterocycles. The molecule has 2 N–H and O–H groups in total. The van der Waals surface area contributed by atoms with Crippen LogP contribution < -0.4 is 10.6 Å². The summed E-state index contributed by atoms with van der Waals surface area (Å²) in [5.41, 5.74) is 0. The summed E-state index contributed by atoms with van der Waals surface area (Å²) in [6.45, 7) is 3.43. The fourth-order valence-corrected chi connectivity index (χ4v) is 2.35. The Kier molecular flexibility index (Phi) is 6.50. The maximum atomic E-state index is 11.0. The van der Waals surface area contributed by atoms with E-state index in [0.717, 1.165) is 17.4 Å². The number of hydrogen-bond acceptors (Lipinski definition) is 6. The third-order valence-corrected chi connectivity index (χ3v) is 3.87. The average Bonchev–Trinajstić information content (AvgIpc) is 2.33. The Bertz CT molecular complexity index is 507. The van der Waals surface area contributed by atoms with Gasteiger partial charge in [-0.25, -0.2) is 13.4 Å². The van der Waals surface area contributed by atoms with Crippen LogP contribution in [0, 0.1) is 0 Å². The average molecular weight is 351 g/mol. The lowest BCUT2D eigenvalue weighted by Gasteiger charge is -2.09. The summed E-state index contributed by atoms with van der Waals surface area (Å²) in [6.07, 6.45) is 4.45. The van der Waals surface area contributed by atoms with E-state index in [2.05, 4.69) is 43.5 Å². The maximum Gasteiger partial charge on any atom is 0.224 e. The van der Waals surface area contributed by atoms with Crippen molar-refractivity contribution in [1.82, 2.24) is 9.97 Å². The molecule has 0 fully saturated rings. The summed E-state index contributed by atoms with van der Waals surface area (Å²) < 4.78 is 22.8. The molecule has 0 saturated carbocycles. The largest absolute Gasteiger partial charge is 0.369 e. The fourth-order valence-electron chi connectivity index (χ4n) is 1.35. The van der Waals surface area contributed by atoms with Crippen molar-refractivity contribution >= 4 is 37.5 Å². The topological polar surface area (TPSA) is 84.0 Å². The van der Waals surface area contributed by atoms with Crippen LogP contribution in [0.4, 0.5) is 11.8 Å². The molecule has 1 heterocycles. The summed E-state index contributed by atoms with van der Waals surface area (Å²) in [6, 6.07) is 0. The maximum absolute atomic E-state index is 11.0. The van der Waals surface area contributed by atoms with E-state index in [9.17, 15) is 8.42 Å². The van der Waals surface area contributed by atoms with Crippen LogP contribution in [-0.2, 0) is 9.84 Å². The van der Waals surface area contributed by atoms with Crippen molar-refractivity contribution in [1.29, 1.82) is 0 Å². The highest BCUT2D eigenvalue weighted by atomic mass is 79.9. The predicted molar refractivity (Wildman–Crippen MR) is 81.3 cm³/mol. The molecule has 0 bridgehead atoms. The van der Waals surface area contributed by atoms with E-state index in [-0.39, 0.29) is 5.75 Å². The Balaban J connectivity index is 2.52. The first kappa shape index (κ1) is 16.2. The van der Waals surface area contributed by atoms with E-state index in [1.807, 2.05) is 0 Å². The van der Waals surface area contributed by atoms with Gasteiger partial charge in [-0.15, -0.1) is 0 Å². The first-order valence-electron chi connectivity index (χ1n) is 6.10. The SMILES string of the molecule is CCCNc1ncc(Br)c(NCCCS(C)(=O)=O)n1. The second kappa shape index (κ2) is 7.64. The van der Waals surface area contributed by atoms with Crippen LogP contribution in [0.25, 0.3) is 0 Å². The van der Waals surface area contributed by atoms with Crippen molar-refractivity contribution in [2.45, 2.75) is 19.8 Å². The van der Waals surface area contributed by atoms with Crippen molar-refractivity contribution in [3.05, 3.63) is 10.7 Å². The highest BCUT2D eigenvalue weighted by molar-refractivity contribution is 9.10. The molecule has 1 aromatic rings. The number of halogens is 1. The summed E-state index contributed by atoms with van der Waals surface area (Å²) in [4.78, 5) is 8.45. The summed E-state index contributed by atoms with van der Waals surface area (Å²) >= 11 is 3.36. The molecule has 0 amide bonds. The molecular formula is C11H19BrN4O2S. The summed E-state index contributed by atoms with van der Waals surface area (Å²) in [5.74, 6) is 1.40. The third-order valence-electron chi connectivity index (χ3n) is 2.26. The quantitative estimate of drug-likeness (QED) is 0.696. The molecule has 0 aliphatic carbocycles. The van der Waals surface area contributed by atoms with Gasteiger partial charge < -0.3 is 10.6 Å². The van der Waals surface area contributed by atoms with Crippen molar-refractivity contribution in [2.75, 3.05) is 35.7 Å². The molecule has 0 aliphatic rings. The van der Waals surface area contributed by atoms with E-state index in [4.69, 9.17) is 0 Å². The minimum absolute atomic E-state index is 0.170. The lowest BCUT2D eigenvalue weighted by Crippen LogP contribution is -2.12. The van der Waals surface area contributed by atoms with Gasteiger partial charge in [0, 0.05) is 25.5 Å². The lowest BCUT2D eigenvalue weighted by molar-refractivity contribution is 0.600. The third kappa shape index (κ3) is 6.72. The molecule has 0 unspecified atom stereocenters. The van der Waals surface area contributed by atoms with Crippen LogP contribution in [0.3, 0.4) is 0 Å². The molecule has 0 aliphatic heterocycles. The zero-order valence-corrected chi connectivity index (χ0v) is 13.5. The Hall–Kier alpha value is -0.890. The molecule has 1 aromatic heterocycles. The minimum Gasteiger partial charge on any atom is -0.369 e. The molecule has 108 valence electrons. The van der Waals surface area contributed by atoms with E-state index in [1.54, 1.807) is 6.20 Å². The molecule has 8 heteroatoms. The summed E-state index contributed by atoms with van der Waals surface area (Å²) in [5, 5.41) is 6.20. The molecule has 0 aromatic carbocycles. The van der Waals surface area contributed by atoms with Gasteiger partial charge in [-0.1, -0.05) is 6.92 Å². The second-order valence-electron chi connectivity index (χ2n) is 4.23. The zero-order valence-electron chi connectivity index (χ0n) is 11.1. The van der Waals surface area contributed by atoms with Gasteiger partial charge in [0.05, 0.1) is 10.2 Å². The normalized spacial score (nSPS) is 11.3. The van der Waals surface area contributed by atoms with Gasteiger partial charge in [0.25, 0.3) is 0 Å². The zero-order chi connectivity index (χ0) is 14.3. The fraction of sp³-hybridized carbons (Fsp3) is 0.636. The number of nitrogens with zero attached hydrogens (tertiary/aromatic N) is 2. The molecular weight excluding hydrogens is 332 g/mol. The highest BCUT2D eigenvalue weighted by Crippen LogP contribution is 2.19. The van der Waals surface area contributed by atoms with Crippen LogP contribution in [0.2, 0.25) is 0 Å². The van der Waals surface area contributed by atoms with Crippen LogP contribution in [0.5, 0.6) is 0 Å². The van der Waals surface area contributed by atoms with Gasteiger partial charge in [-0.05, 0) is 28.8 Å². The van der Waals surface area contributed by atoms with Crippen molar-refractivity contribution in [2.24, 2.45) is 0 Å². The first-order valence-corrected chi connectivity index (χ1v) is 8.95. The Morgan fingerprint density at radius 1 is 1.32 bits per heavy atom. The standard InChI is InChI=1S/C11H19BrN4O2S/c1-3-5-14-11-15-8-9(12)10(16-11)13-6-4-7-19(2,17)18/h8H,3-7H2,1-2H3,(H2,13,14,15,16). The smallest absolute Gasteiger partial charge is 0.224 e. The van der Waals surface area contributed by atoms with E-state index in [1.165, 1.54) is 6.26 Å².